The normalized spacial score (nSPS) is 10.7. The molecule has 0 saturated heterocycles. The zero-order chi connectivity index (χ0) is 19.3. The lowest BCUT2D eigenvalue weighted by Gasteiger charge is -2.21. The zero-order valence-corrected chi connectivity index (χ0v) is 14.0. The van der Waals surface area contributed by atoms with Crippen LogP contribution in [-0.2, 0) is 11.3 Å². The highest BCUT2D eigenvalue weighted by Crippen LogP contribution is 2.19. The summed E-state index contributed by atoms with van der Waals surface area (Å²) in [6.45, 7) is 1.80. The molecule has 1 heterocycles. The van der Waals surface area contributed by atoms with Crippen molar-refractivity contribution in [3.05, 3.63) is 53.2 Å². The van der Waals surface area contributed by atoms with Gasteiger partial charge in [-0.2, -0.15) is 0 Å². The van der Waals surface area contributed by atoms with Crippen LogP contribution in [0.3, 0.4) is 0 Å². The molecule has 1 aromatic heterocycles. The molecule has 0 radical (unpaired) electrons. The van der Waals surface area contributed by atoms with Gasteiger partial charge in [0.15, 0.2) is 17.5 Å². The minimum absolute atomic E-state index is 0.122. The second-order valence-corrected chi connectivity index (χ2v) is 5.50. The van der Waals surface area contributed by atoms with Crippen molar-refractivity contribution < 1.29 is 27.2 Å². The second-order valence-electron chi connectivity index (χ2n) is 5.50. The van der Waals surface area contributed by atoms with Crippen LogP contribution in [0.2, 0.25) is 0 Å². The van der Waals surface area contributed by atoms with Crippen LogP contribution in [0.1, 0.15) is 29.5 Å². The number of hydrogen-bond acceptors (Lipinski definition) is 4. The van der Waals surface area contributed by atoms with Gasteiger partial charge in [0, 0.05) is 6.54 Å². The Morgan fingerprint density at radius 1 is 1.23 bits per heavy atom. The van der Waals surface area contributed by atoms with E-state index < -0.39 is 41.5 Å². The van der Waals surface area contributed by atoms with Crippen LogP contribution < -0.4 is 11.1 Å². The van der Waals surface area contributed by atoms with Crippen molar-refractivity contribution in [1.82, 2.24) is 4.90 Å². The Kier molecular flexibility index (Phi) is 6.40. The maximum absolute atomic E-state index is 13.6. The van der Waals surface area contributed by atoms with Gasteiger partial charge in [0.2, 0.25) is 5.91 Å². The third kappa shape index (κ3) is 4.42. The van der Waals surface area contributed by atoms with E-state index in [1.807, 2.05) is 6.92 Å². The fourth-order valence-electron chi connectivity index (χ4n) is 2.29. The molecular weight excluding hydrogens is 351 g/mol. The highest BCUT2D eigenvalue weighted by atomic mass is 19.2. The lowest BCUT2D eigenvalue weighted by molar-refractivity contribution is -0.116. The van der Waals surface area contributed by atoms with Crippen LogP contribution in [0.25, 0.3) is 0 Å². The van der Waals surface area contributed by atoms with Crippen LogP contribution in [0.4, 0.5) is 18.9 Å². The molecule has 0 aliphatic carbocycles. The fourth-order valence-corrected chi connectivity index (χ4v) is 2.29. The quantitative estimate of drug-likeness (QED) is 0.735. The van der Waals surface area contributed by atoms with Crippen LogP contribution in [0, 0.1) is 17.5 Å². The number of hydrogen-bond donors (Lipinski definition) is 2. The number of halogens is 3. The maximum Gasteiger partial charge on any atom is 0.257 e. The zero-order valence-electron chi connectivity index (χ0n) is 14.0. The maximum atomic E-state index is 13.6. The summed E-state index contributed by atoms with van der Waals surface area (Å²) in [6.07, 6.45) is 1.81. The molecule has 9 heteroatoms. The first kappa shape index (κ1) is 19.5. The monoisotopic (exact) mass is 369 g/mol. The van der Waals surface area contributed by atoms with E-state index in [2.05, 4.69) is 5.32 Å². The number of furan rings is 1. The van der Waals surface area contributed by atoms with Gasteiger partial charge < -0.3 is 20.4 Å². The van der Waals surface area contributed by atoms with Gasteiger partial charge in [-0.15, -0.1) is 0 Å². The Bertz CT molecular complexity index is 808. The summed E-state index contributed by atoms with van der Waals surface area (Å²) >= 11 is 0. The van der Waals surface area contributed by atoms with Gasteiger partial charge in [-0.3, -0.25) is 9.59 Å². The van der Waals surface area contributed by atoms with Crippen molar-refractivity contribution >= 4 is 17.5 Å². The first-order chi connectivity index (χ1) is 12.4. The summed E-state index contributed by atoms with van der Waals surface area (Å²) < 4.78 is 44.9. The molecule has 0 unspecified atom stereocenters. The molecule has 0 atom stereocenters. The molecule has 0 aliphatic rings. The fraction of sp³-hybridized carbons (Fsp3) is 0.294. The number of amides is 2. The van der Waals surface area contributed by atoms with Crippen LogP contribution in [0.15, 0.2) is 28.9 Å². The second kappa shape index (κ2) is 8.52. The lowest BCUT2D eigenvalue weighted by Crippen LogP contribution is -2.38. The van der Waals surface area contributed by atoms with Gasteiger partial charge in [-0.1, -0.05) is 6.92 Å². The van der Waals surface area contributed by atoms with Gasteiger partial charge in [0.1, 0.15) is 18.6 Å². The summed E-state index contributed by atoms with van der Waals surface area (Å²) in [5, 5.41) is 2.13. The molecule has 26 heavy (non-hydrogen) atoms. The minimum atomic E-state index is -1.68. The Morgan fingerprint density at radius 2 is 1.96 bits per heavy atom. The number of benzene rings is 1. The summed E-state index contributed by atoms with van der Waals surface area (Å²) in [5.74, 6) is -5.35. The van der Waals surface area contributed by atoms with Crippen molar-refractivity contribution in [1.29, 1.82) is 0 Å². The molecule has 0 bridgehead atoms. The minimum Gasteiger partial charge on any atom is -0.467 e. The van der Waals surface area contributed by atoms with Gasteiger partial charge in [-0.05, 0) is 24.6 Å². The standard InChI is InChI=1S/C17H18F3N3O3/c1-2-5-23(17(25)10-6-11(7-21)26-9-10)8-14(24)22-13-4-3-12(18)15(19)16(13)20/h3-4,6,9H,2,5,7-8,21H2,1H3,(H,22,24). The number of nitrogens with zero attached hydrogens (tertiary/aromatic N) is 1. The van der Waals surface area contributed by atoms with Crippen molar-refractivity contribution in [3.63, 3.8) is 0 Å². The first-order valence-corrected chi connectivity index (χ1v) is 7.87. The Labute approximate surface area is 147 Å². The van der Waals surface area contributed by atoms with E-state index in [1.165, 1.54) is 17.2 Å². The highest BCUT2D eigenvalue weighted by Gasteiger charge is 2.21. The first-order valence-electron chi connectivity index (χ1n) is 7.87. The lowest BCUT2D eigenvalue weighted by atomic mass is 10.2. The molecule has 2 aromatic rings. The predicted octanol–water partition coefficient (Wildman–Crippen LogP) is 2.65. The summed E-state index contributed by atoms with van der Waals surface area (Å²) in [4.78, 5) is 25.8. The highest BCUT2D eigenvalue weighted by molar-refractivity contribution is 5.99. The summed E-state index contributed by atoms with van der Waals surface area (Å²) in [5.41, 5.74) is 5.15. The Balaban J connectivity index is 2.10. The average molecular weight is 369 g/mol. The number of carbonyl (C=O) groups excluding carboxylic acids is 2. The number of anilines is 1. The van der Waals surface area contributed by atoms with E-state index in [0.717, 1.165) is 6.07 Å². The smallest absolute Gasteiger partial charge is 0.257 e. The summed E-state index contributed by atoms with van der Waals surface area (Å²) in [6, 6.07) is 3.07. The van der Waals surface area contributed by atoms with Crippen molar-refractivity contribution in [2.75, 3.05) is 18.4 Å². The Morgan fingerprint density at radius 3 is 2.58 bits per heavy atom. The van der Waals surface area contributed by atoms with Crippen LogP contribution in [0.5, 0.6) is 0 Å². The van der Waals surface area contributed by atoms with Gasteiger partial charge in [-0.25, -0.2) is 13.2 Å². The number of rotatable bonds is 7. The SMILES string of the molecule is CCCN(CC(=O)Nc1ccc(F)c(F)c1F)C(=O)c1coc(CN)c1. The number of nitrogens with two attached hydrogens (primary N) is 1. The number of carbonyl (C=O) groups is 2. The molecule has 1 aromatic carbocycles. The average Bonchev–Trinajstić information content (AvgIpc) is 3.10. The molecule has 2 amide bonds. The van der Waals surface area contributed by atoms with Gasteiger partial charge in [0.25, 0.3) is 5.91 Å². The molecule has 0 aliphatic heterocycles. The van der Waals surface area contributed by atoms with E-state index in [4.69, 9.17) is 10.2 Å². The van der Waals surface area contributed by atoms with Gasteiger partial charge >= 0.3 is 0 Å². The topological polar surface area (TPSA) is 88.6 Å². The third-order valence-electron chi connectivity index (χ3n) is 3.53. The van der Waals surface area contributed by atoms with E-state index in [1.54, 1.807) is 0 Å². The molecule has 0 fully saturated rings. The van der Waals surface area contributed by atoms with Crippen molar-refractivity contribution in [2.24, 2.45) is 5.73 Å². The Hall–Kier alpha value is -2.81. The van der Waals surface area contributed by atoms with Crippen molar-refractivity contribution in [3.8, 4) is 0 Å². The molecule has 2 rings (SSSR count). The largest absolute Gasteiger partial charge is 0.467 e. The molecule has 6 nitrogen and oxygen atoms in total. The molecule has 3 N–H and O–H groups in total. The van der Waals surface area contributed by atoms with E-state index in [-0.39, 0.29) is 18.7 Å². The number of nitrogens with one attached hydrogen (secondary N) is 1. The summed E-state index contributed by atoms with van der Waals surface area (Å²) in [7, 11) is 0. The van der Waals surface area contributed by atoms with E-state index >= 15 is 0 Å². The molecule has 140 valence electrons. The van der Waals surface area contributed by atoms with Gasteiger partial charge in [0.05, 0.1) is 17.8 Å². The predicted molar refractivity (Wildman–Crippen MR) is 87.7 cm³/mol. The van der Waals surface area contributed by atoms with Crippen LogP contribution >= 0.6 is 0 Å². The van der Waals surface area contributed by atoms with E-state index in [0.29, 0.717) is 18.2 Å². The molecular formula is C17H18F3N3O3. The third-order valence-corrected chi connectivity index (χ3v) is 3.53. The van der Waals surface area contributed by atoms with E-state index in [9.17, 15) is 22.8 Å². The van der Waals surface area contributed by atoms with Crippen LogP contribution in [-0.4, -0.2) is 29.8 Å². The molecule has 0 spiro atoms. The molecule has 0 saturated carbocycles. The van der Waals surface area contributed by atoms with Crippen molar-refractivity contribution in [2.45, 2.75) is 19.9 Å².